The van der Waals surface area contributed by atoms with Gasteiger partial charge in [0.15, 0.2) is 5.69 Å². The number of aromatic amines is 1. The maximum absolute atomic E-state index is 12.1. The number of aryl methyl sites for hydroxylation is 1. The van der Waals surface area contributed by atoms with E-state index in [4.69, 9.17) is 4.74 Å². The summed E-state index contributed by atoms with van der Waals surface area (Å²) in [5.74, 6) is 0.308. The van der Waals surface area contributed by atoms with E-state index in [2.05, 4.69) is 20.7 Å². The molecular formula is C17H16N4O2S. The van der Waals surface area contributed by atoms with Gasteiger partial charge in [-0.2, -0.15) is 10.2 Å². The van der Waals surface area contributed by atoms with Crippen molar-refractivity contribution in [1.82, 2.24) is 15.6 Å². The van der Waals surface area contributed by atoms with Crippen LogP contribution in [0.1, 0.15) is 20.9 Å². The molecule has 0 aliphatic rings. The highest BCUT2D eigenvalue weighted by Crippen LogP contribution is 2.26. The number of hydrogen-bond acceptors (Lipinski definition) is 5. The minimum atomic E-state index is -0.378. The van der Waals surface area contributed by atoms with Gasteiger partial charge in [-0.3, -0.25) is 9.89 Å². The number of carbonyl (C=O) groups excluding carboxylic acids is 1. The van der Waals surface area contributed by atoms with Crippen molar-refractivity contribution in [2.75, 3.05) is 7.11 Å². The van der Waals surface area contributed by atoms with Crippen LogP contribution in [-0.2, 0) is 0 Å². The molecule has 0 spiro atoms. The van der Waals surface area contributed by atoms with E-state index >= 15 is 0 Å². The van der Waals surface area contributed by atoms with Crippen LogP contribution in [0, 0.1) is 6.92 Å². The number of carbonyl (C=O) groups is 1. The third-order valence-corrected chi connectivity index (χ3v) is 4.36. The molecule has 1 amide bonds. The van der Waals surface area contributed by atoms with Crippen molar-refractivity contribution in [1.29, 1.82) is 0 Å². The first-order chi connectivity index (χ1) is 11.7. The molecule has 2 aromatic heterocycles. The van der Waals surface area contributed by atoms with Crippen molar-refractivity contribution >= 4 is 23.5 Å². The molecule has 24 heavy (non-hydrogen) atoms. The van der Waals surface area contributed by atoms with Crippen molar-refractivity contribution in [3.8, 4) is 16.3 Å². The van der Waals surface area contributed by atoms with Gasteiger partial charge in [0.1, 0.15) is 5.75 Å². The van der Waals surface area contributed by atoms with Crippen LogP contribution in [0.5, 0.6) is 5.75 Å². The second-order valence-electron chi connectivity index (χ2n) is 5.02. The minimum Gasteiger partial charge on any atom is -0.496 e. The summed E-state index contributed by atoms with van der Waals surface area (Å²) in [4.78, 5) is 14.3. The predicted molar refractivity (Wildman–Crippen MR) is 94.7 cm³/mol. The van der Waals surface area contributed by atoms with Gasteiger partial charge in [0, 0.05) is 10.4 Å². The number of benzene rings is 1. The lowest BCUT2D eigenvalue weighted by atomic mass is 10.2. The van der Waals surface area contributed by atoms with Gasteiger partial charge in [-0.25, -0.2) is 5.43 Å². The number of hydrazone groups is 1. The summed E-state index contributed by atoms with van der Waals surface area (Å²) < 4.78 is 5.22. The van der Waals surface area contributed by atoms with Crippen LogP contribution in [0.15, 0.2) is 47.6 Å². The van der Waals surface area contributed by atoms with Crippen LogP contribution in [0.25, 0.3) is 10.6 Å². The summed E-state index contributed by atoms with van der Waals surface area (Å²) >= 11 is 1.64. The molecule has 0 saturated heterocycles. The van der Waals surface area contributed by atoms with Crippen LogP contribution >= 0.6 is 11.3 Å². The lowest BCUT2D eigenvalue weighted by molar-refractivity contribution is 0.0950. The van der Waals surface area contributed by atoms with Gasteiger partial charge in [-0.15, -0.1) is 11.3 Å². The number of H-pyrrole nitrogens is 1. The number of rotatable bonds is 5. The van der Waals surface area contributed by atoms with E-state index in [0.717, 1.165) is 16.1 Å². The summed E-state index contributed by atoms with van der Waals surface area (Å²) in [5.41, 5.74) is 4.34. The Hall–Kier alpha value is -2.93. The summed E-state index contributed by atoms with van der Waals surface area (Å²) in [6.07, 6.45) is 1.53. The van der Waals surface area contributed by atoms with Gasteiger partial charge in [0.2, 0.25) is 0 Å². The fourth-order valence-electron chi connectivity index (χ4n) is 2.13. The Balaban J connectivity index is 1.67. The zero-order chi connectivity index (χ0) is 16.9. The van der Waals surface area contributed by atoms with Crippen LogP contribution in [-0.4, -0.2) is 29.4 Å². The third-order valence-electron chi connectivity index (χ3n) is 3.32. The van der Waals surface area contributed by atoms with E-state index in [9.17, 15) is 4.79 Å². The Morgan fingerprint density at radius 2 is 2.17 bits per heavy atom. The Bertz CT molecular complexity index is 882. The average Bonchev–Trinajstić information content (AvgIpc) is 3.24. The molecule has 0 bridgehead atoms. The quantitative estimate of drug-likeness (QED) is 0.553. The largest absolute Gasteiger partial charge is 0.496 e. The highest BCUT2D eigenvalue weighted by atomic mass is 32.1. The lowest BCUT2D eigenvalue weighted by Gasteiger charge is -2.02. The third kappa shape index (κ3) is 3.52. The highest BCUT2D eigenvalue weighted by molar-refractivity contribution is 7.15. The molecule has 6 nitrogen and oxygen atoms in total. The normalized spacial score (nSPS) is 10.9. The average molecular weight is 340 g/mol. The van der Waals surface area contributed by atoms with Gasteiger partial charge in [0.25, 0.3) is 5.91 Å². The molecule has 0 saturated carbocycles. The molecule has 7 heteroatoms. The number of nitrogens with zero attached hydrogens (tertiary/aromatic N) is 2. The van der Waals surface area contributed by atoms with Gasteiger partial charge in [-0.1, -0.05) is 12.1 Å². The van der Waals surface area contributed by atoms with Crippen molar-refractivity contribution in [3.05, 3.63) is 58.6 Å². The topological polar surface area (TPSA) is 79.4 Å². The van der Waals surface area contributed by atoms with E-state index in [1.165, 1.54) is 11.1 Å². The van der Waals surface area contributed by atoms with E-state index in [-0.39, 0.29) is 11.6 Å². The molecule has 0 aliphatic carbocycles. The SMILES string of the molecule is COc1ccccc1/C=N/NC(=O)c1cc(-c2ccc(C)s2)[nH]n1. The standard InChI is InChI=1S/C17H16N4O2S/c1-11-7-8-16(24-11)13-9-14(20-19-13)17(22)21-18-10-12-5-3-4-6-15(12)23-2/h3-10H,1-2H3,(H,19,20)(H,21,22)/b18-10+. The van der Waals surface area contributed by atoms with Crippen LogP contribution in [0.2, 0.25) is 0 Å². The number of methoxy groups -OCH3 is 1. The first-order valence-corrected chi connectivity index (χ1v) is 8.07. The molecule has 0 radical (unpaired) electrons. The Labute approximate surface area is 143 Å². The van der Waals surface area contributed by atoms with E-state index < -0.39 is 0 Å². The molecule has 2 heterocycles. The summed E-state index contributed by atoms with van der Waals surface area (Å²) in [5, 5.41) is 10.9. The van der Waals surface area contributed by atoms with Crippen molar-refractivity contribution in [3.63, 3.8) is 0 Å². The number of hydrogen-bond donors (Lipinski definition) is 2. The van der Waals surface area contributed by atoms with Gasteiger partial charge in [-0.05, 0) is 37.3 Å². The molecule has 0 unspecified atom stereocenters. The second-order valence-corrected chi connectivity index (χ2v) is 6.31. The van der Waals surface area contributed by atoms with Crippen LogP contribution in [0.3, 0.4) is 0 Å². The van der Waals surface area contributed by atoms with Gasteiger partial charge >= 0.3 is 0 Å². The number of thiophene rings is 1. The molecule has 0 atom stereocenters. The van der Waals surface area contributed by atoms with Crippen molar-refractivity contribution in [2.45, 2.75) is 6.92 Å². The number of ether oxygens (including phenoxy) is 1. The number of nitrogens with one attached hydrogen (secondary N) is 2. The van der Waals surface area contributed by atoms with Crippen LogP contribution in [0.4, 0.5) is 0 Å². The minimum absolute atomic E-state index is 0.285. The lowest BCUT2D eigenvalue weighted by Crippen LogP contribution is -2.18. The molecule has 0 fully saturated rings. The van der Waals surface area contributed by atoms with Gasteiger partial charge in [0.05, 0.1) is 23.9 Å². The smallest absolute Gasteiger partial charge is 0.291 e. The fraction of sp³-hybridized carbons (Fsp3) is 0.118. The number of para-hydroxylation sites is 1. The maximum atomic E-state index is 12.1. The molecule has 0 aliphatic heterocycles. The van der Waals surface area contributed by atoms with Gasteiger partial charge < -0.3 is 4.74 Å². The maximum Gasteiger partial charge on any atom is 0.291 e. The first kappa shape index (κ1) is 15.9. The fourth-order valence-corrected chi connectivity index (χ4v) is 2.97. The van der Waals surface area contributed by atoms with E-state index in [1.807, 2.05) is 43.3 Å². The molecular weight excluding hydrogens is 324 g/mol. The summed E-state index contributed by atoms with van der Waals surface area (Å²) in [7, 11) is 1.59. The Kier molecular flexibility index (Phi) is 4.72. The number of aromatic nitrogens is 2. The number of amides is 1. The highest BCUT2D eigenvalue weighted by Gasteiger charge is 2.11. The molecule has 1 aromatic carbocycles. The van der Waals surface area contributed by atoms with Crippen molar-refractivity contribution in [2.24, 2.45) is 5.10 Å². The predicted octanol–water partition coefficient (Wildman–Crippen LogP) is 3.22. The Morgan fingerprint density at radius 3 is 2.92 bits per heavy atom. The molecule has 2 N–H and O–H groups in total. The molecule has 3 rings (SSSR count). The second kappa shape index (κ2) is 7.10. The zero-order valence-electron chi connectivity index (χ0n) is 13.2. The molecule has 3 aromatic rings. The molecule has 122 valence electrons. The first-order valence-electron chi connectivity index (χ1n) is 7.26. The van der Waals surface area contributed by atoms with E-state index in [0.29, 0.717) is 5.75 Å². The summed E-state index contributed by atoms with van der Waals surface area (Å²) in [6, 6.07) is 13.1. The zero-order valence-corrected chi connectivity index (χ0v) is 14.1. The van der Waals surface area contributed by atoms with E-state index in [1.54, 1.807) is 24.5 Å². The van der Waals surface area contributed by atoms with Crippen molar-refractivity contribution < 1.29 is 9.53 Å². The monoisotopic (exact) mass is 340 g/mol. The van der Waals surface area contributed by atoms with Crippen LogP contribution < -0.4 is 10.2 Å². The Morgan fingerprint density at radius 1 is 1.33 bits per heavy atom. The summed E-state index contributed by atoms with van der Waals surface area (Å²) in [6.45, 7) is 2.03.